The Morgan fingerprint density at radius 3 is 1.94 bits per heavy atom. The van der Waals surface area contributed by atoms with Crippen molar-refractivity contribution in [2.24, 2.45) is 0 Å². The van der Waals surface area contributed by atoms with Crippen LogP contribution in [-0.4, -0.2) is 38.7 Å². The first-order valence-corrected chi connectivity index (χ1v) is 10.0. The summed E-state index contributed by atoms with van der Waals surface area (Å²) in [5, 5.41) is 4.90. The molecular weight excluding hydrogens is 209 g/mol. The minimum atomic E-state index is -0.247. The third-order valence-electron chi connectivity index (χ3n) is 3.98. The Morgan fingerprint density at radius 2 is 1.44 bits per heavy atom. The SMILES string of the molecule is CCCCN(CCCC)C[CH2][Al]1[CH2]CC[CH2]1. The van der Waals surface area contributed by atoms with Crippen LogP contribution in [0.15, 0.2) is 0 Å². The van der Waals surface area contributed by atoms with Crippen molar-refractivity contribution >= 4 is 14.1 Å². The molecule has 0 saturated carbocycles. The predicted molar refractivity (Wildman–Crippen MR) is 75.7 cm³/mol. The zero-order chi connectivity index (χ0) is 11.6. The Balaban J connectivity index is 2.13. The molecule has 0 unspecified atom stereocenters. The van der Waals surface area contributed by atoms with Crippen LogP contribution in [0.4, 0.5) is 0 Å². The summed E-state index contributed by atoms with van der Waals surface area (Å²) in [6, 6.07) is 0. The van der Waals surface area contributed by atoms with Gasteiger partial charge in [0.05, 0.1) is 0 Å². The largest absolute Gasteiger partial charge is 0.305 e. The minimum absolute atomic E-state index is 0.247. The first-order chi connectivity index (χ1) is 7.86. The predicted octanol–water partition coefficient (Wildman–Crippen LogP) is 4.18. The van der Waals surface area contributed by atoms with E-state index in [1.807, 2.05) is 0 Å². The van der Waals surface area contributed by atoms with Gasteiger partial charge in [-0.2, -0.15) is 0 Å². The van der Waals surface area contributed by atoms with Crippen molar-refractivity contribution < 1.29 is 0 Å². The van der Waals surface area contributed by atoms with Gasteiger partial charge in [0.25, 0.3) is 14.1 Å². The highest BCUT2D eigenvalue weighted by atomic mass is 27.2. The van der Waals surface area contributed by atoms with Gasteiger partial charge in [0, 0.05) is 0 Å². The first-order valence-electron chi connectivity index (χ1n) is 7.59. The van der Waals surface area contributed by atoms with Gasteiger partial charge in [-0.15, -0.1) is 0 Å². The summed E-state index contributed by atoms with van der Waals surface area (Å²) in [4.78, 5) is 2.75. The molecule has 16 heavy (non-hydrogen) atoms. The van der Waals surface area contributed by atoms with Crippen molar-refractivity contribution in [1.29, 1.82) is 0 Å². The number of nitrogens with zero attached hydrogens (tertiary/aromatic N) is 1. The molecule has 0 bridgehead atoms. The lowest BCUT2D eigenvalue weighted by molar-refractivity contribution is 0.278. The Morgan fingerprint density at radius 1 is 0.875 bits per heavy atom. The summed E-state index contributed by atoms with van der Waals surface area (Å²) in [5.74, 6) is 0. The highest BCUT2D eigenvalue weighted by Gasteiger charge is 2.21. The van der Waals surface area contributed by atoms with Gasteiger partial charge in [0.15, 0.2) is 0 Å². The van der Waals surface area contributed by atoms with E-state index < -0.39 is 0 Å². The van der Waals surface area contributed by atoms with Crippen molar-refractivity contribution in [3.63, 3.8) is 0 Å². The summed E-state index contributed by atoms with van der Waals surface area (Å²) < 4.78 is 0. The van der Waals surface area contributed by atoms with Gasteiger partial charge in [0.1, 0.15) is 0 Å². The second-order valence-electron chi connectivity index (χ2n) is 5.49. The molecule has 0 amide bonds. The molecule has 1 aliphatic heterocycles. The average Bonchev–Trinajstić information content (AvgIpc) is 2.81. The van der Waals surface area contributed by atoms with E-state index in [1.165, 1.54) is 45.3 Å². The van der Waals surface area contributed by atoms with Gasteiger partial charge < -0.3 is 4.90 Å². The van der Waals surface area contributed by atoms with Crippen molar-refractivity contribution in [1.82, 2.24) is 4.90 Å². The number of hydrogen-bond acceptors (Lipinski definition) is 1. The highest BCUT2D eigenvalue weighted by Crippen LogP contribution is 2.22. The smallest absolute Gasteiger partial charge is 0.263 e. The summed E-state index contributed by atoms with van der Waals surface area (Å²) in [5.41, 5.74) is 0. The molecule has 2 heteroatoms. The Hall–Kier alpha value is 0.492. The van der Waals surface area contributed by atoms with Crippen LogP contribution in [-0.2, 0) is 0 Å². The molecule has 94 valence electrons. The molecule has 0 N–H and O–H groups in total. The van der Waals surface area contributed by atoms with E-state index in [0.29, 0.717) is 0 Å². The molecule has 1 fully saturated rings. The van der Waals surface area contributed by atoms with Gasteiger partial charge in [-0.3, -0.25) is 0 Å². The van der Waals surface area contributed by atoms with E-state index >= 15 is 0 Å². The van der Waals surface area contributed by atoms with Crippen molar-refractivity contribution in [2.45, 2.75) is 68.2 Å². The molecule has 0 aromatic heterocycles. The molecule has 0 aromatic carbocycles. The number of rotatable bonds is 9. The quantitative estimate of drug-likeness (QED) is 0.546. The molecule has 1 aliphatic rings. The average molecular weight is 239 g/mol. The van der Waals surface area contributed by atoms with Gasteiger partial charge in [-0.1, -0.05) is 55.4 Å². The minimum Gasteiger partial charge on any atom is -0.305 e. The second-order valence-corrected chi connectivity index (χ2v) is 8.95. The van der Waals surface area contributed by atoms with Crippen LogP contribution in [0.5, 0.6) is 0 Å². The van der Waals surface area contributed by atoms with E-state index in [9.17, 15) is 0 Å². The Kier molecular flexibility index (Phi) is 8.65. The maximum absolute atomic E-state index is 2.75. The summed E-state index contributed by atoms with van der Waals surface area (Å²) >= 11 is -0.247. The lowest BCUT2D eigenvalue weighted by atomic mass is 10.2. The normalized spacial score (nSPS) is 16.3. The van der Waals surface area contributed by atoms with Gasteiger partial charge in [-0.05, 0) is 32.5 Å². The van der Waals surface area contributed by atoms with Crippen LogP contribution in [0.2, 0.25) is 15.8 Å². The Labute approximate surface area is 107 Å². The molecule has 0 radical (unpaired) electrons. The molecule has 1 heterocycles. The van der Waals surface area contributed by atoms with Crippen LogP contribution in [0.1, 0.15) is 52.4 Å². The maximum atomic E-state index is 2.75. The molecular formula is C14H30AlN. The van der Waals surface area contributed by atoms with Crippen LogP contribution in [0, 0.1) is 0 Å². The number of unbranched alkanes of at least 4 members (excludes halogenated alkanes) is 2. The fourth-order valence-electron chi connectivity index (χ4n) is 2.76. The van der Waals surface area contributed by atoms with Crippen molar-refractivity contribution in [3.05, 3.63) is 0 Å². The fourth-order valence-corrected chi connectivity index (χ4v) is 6.09. The van der Waals surface area contributed by atoms with Crippen LogP contribution < -0.4 is 0 Å². The zero-order valence-electron chi connectivity index (χ0n) is 11.5. The first kappa shape index (κ1) is 14.6. The van der Waals surface area contributed by atoms with E-state index in [0.717, 1.165) is 0 Å². The zero-order valence-corrected chi connectivity index (χ0v) is 12.7. The van der Waals surface area contributed by atoms with Crippen molar-refractivity contribution in [2.75, 3.05) is 19.6 Å². The van der Waals surface area contributed by atoms with E-state index in [-0.39, 0.29) is 14.1 Å². The molecule has 0 atom stereocenters. The maximum Gasteiger partial charge on any atom is 0.263 e. The van der Waals surface area contributed by atoms with Crippen LogP contribution in [0.3, 0.4) is 0 Å². The summed E-state index contributed by atoms with van der Waals surface area (Å²) in [6.45, 7) is 8.76. The van der Waals surface area contributed by atoms with E-state index in [2.05, 4.69) is 18.7 Å². The fraction of sp³-hybridized carbons (Fsp3) is 1.00. The molecule has 1 nitrogen and oxygen atoms in total. The van der Waals surface area contributed by atoms with Crippen molar-refractivity contribution in [3.8, 4) is 0 Å². The second kappa shape index (κ2) is 9.52. The molecule has 0 spiro atoms. The highest BCUT2D eigenvalue weighted by molar-refractivity contribution is 6.59. The standard InChI is InChI=1S/C10H22N.C4H8.Al/c1-4-7-9-11(6-3)10-8-5-2;1-3-4-2;/h3-10H2,1-2H3;1-4H2;. The lowest BCUT2D eigenvalue weighted by Gasteiger charge is -2.22. The molecule has 1 rings (SSSR count). The van der Waals surface area contributed by atoms with E-state index in [4.69, 9.17) is 0 Å². The van der Waals surface area contributed by atoms with Crippen LogP contribution in [0.25, 0.3) is 0 Å². The molecule has 1 saturated heterocycles. The third-order valence-corrected chi connectivity index (χ3v) is 7.51. The molecule has 0 aromatic rings. The van der Waals surface area contributed by atoms with Gasteiger partial charge >= 0.3 is 0 Å². The van der Waals surface area contributed by atoms with Crippen LogP contribution >= 0.6 is 0 Å². The summed E-state index contributed by atoms with van der Waals surface area (Å²) in [7, 11) is 0. The lowest BCUT2D eigenvalue weighted by Crippen LogP contribution is -2.29. The topological polar surface area (TPSA) is 3.24 Å². The number of hydrogen-bond donors (Lipinski definition) is 0. The van der Waals surface area contributed by atoms with Gasteiger partial charge in [0.2, 0.25) is 0 Å². The summed E-state index contributed by atoms with van der Waals surface area (Å²) in [6.07, 6.45) is 8.61. The van der Waals surface area contributed by atoms with Gasteiger partial charge in [-0.25, -0.2) is 0 Å². The third kappa shape index (κ3) is 6.28. The molecule has 0 aliphatic carbocycles. The monoisotopic (exact) mass is 239 g/mol. The Bertz CT molecular complexity index is 147. The van der Waals surface area contributed by atoms with E-state index in [1.54, 1.807) is 28.7 Å².